The van der Waals surface area contributed by atoms with Gasteiger partial charge < -0.3 is 11.1 Å². The molecule has 0 saturated carbocycles. The second-order valence-corrected chi connectivity index (χ2v) is 5.78. The highest BCUT2D eigenvalue weighted by atomic mass is 16.2. The Morgan fingerprint density at radius 3 is 2.46 bits per heavy atom. The van der Waals surface area contributed by atoms with Gasteiger partial charge in [0.15, 0.2) is 0 Å². The zero-order valence-electron chi connectivity index (χ0n) is 14.2. The van der Waals surface area contributed by atoms with Crippen LogP contribution in [0.4, 0.5) is 0 Å². The lowest BCUT2D eigenvalue weighted by Gasteiger charge is -2.13. The highest BCUT2D eigenvalue weighted by Crippen LogP contribution is 2.14. The largest absolute Gasteiger partial charge is 0.366 e. The van der Waals surface area contributed by atoms with Crippen molar-refractivity contribution in [3.05, 3.63) is 65.7 Å². The van der Waals surface area contributed by atoms with Gasteiger partial charge in [0.1, 0.15) is 6.54 Å². The number of hydrogen-bond donors (Lipinski definition) is 2. The van der Waals surface area contributed by atoms with Crippen LogP contribution in [-0.2, 0) is 11.3 Å². The van der Waals surface area contributed by atoms with Crippen molar-refractivity contribution in [3.8, 4) is 11.4 Å². The van der Waals surface area contributed by atoms with Crippen molar-refractivity contribution in [3.63, 3.8) is 0 Å². The fraction of sp³-hybridized carbons (Fsp3) is 0.167. The summed E-state index contributed by atoms with van der Waals surface area (Å²) >= 11 is 0. The number of nitrogens with one attached hydrogen (secondary N) is 1. The number of aromatic nitrogens is 4. The lowest BCUT2D eigenvalue weighted by molar-refractivity contribution is -0.122. The Morgan fingerprint density at radius 2 is 1.81 bits per heavy atom. The van der Waals surface area contributed by atoms with E-state index < -0.39 is 5.91 Å². The Kier molecular flexibility index (Phi) is 5.02. The van der Waals surface area contributed by atoms with Gasteiger partial charge in [0, 0.05) is 11.1 Å². The molecule has 2 aromatic carbocycles. The van der Waals surface area contributed by atoms with Crippen LogP contribution in [0.25, 0.3) is 11.4 Å². The molecule has 0 bridgehead atoms. The summed E-state index contributed by atoms with van der Waals surface area (Å²) in [5.74, 6) is -0.350. The SMILES string of the molecule is C[C@@H](NC(=O)Cn1nnc(-c2ccc(C(N)=O)cc2)n1)c1ccccc1. The first kappa shape index (κ1) is 17.3. The molecule has 0 fully saturated rings. The average molecular weight is 350 g/mol. The monoisotopic (exact) mass is 350 g/mol. The van der Waals surface area contributed by atoms with E-state index in [9.17, 15) is 9.59 Å². The molecule has 0 aliphatic carbocycles. The molecule has 0 aliphatic heterocycles. The fourth-order valence-corrected chi connectivity index (χ4v) is 2.45. The van der Waals surface area contributed by atoms with Crippen LogP contribution in [0.3, 0.4) is 0 Å². The van der Waals surface area contributed by atoms with Gasteiger partial charge in [0.05, 0.1) is 6.04 Å². The fourth-order valence-electron chi connectivity index (χ4n) is 2.45. The highest BCUT2D eigenvalue weighted by molar-refractivity contribution is 5.93. The molecule has 0 saturated heterocycles. The number of hydrogen-bond acceptors (Lipinski definition) is 5. The number of amides is 2. The molecule has 3 N–H and O–H groups in total. The molecule has 0 unspecified atom stereocenters. The molecule has 26 heavy (non-hydrogen) atoms. The predicted octanol–water partition coefficient (Wildman–Crippen LogP) is 1.32. The summed E-state index contributed by atoms with van der Waals surface area (Å²) in [5, 5.41) is 14.9. The molecular weight excluding hydrogens is 332 g/mol. The lowest BCUT2D eigenvalue weighted by atomic mass is 10.1. The van der Waals surface area contributed by atoms with E-state index in [-0.39, 0.29) is 18.5 Å². The highest BCUT2D eigenvalue weighted by Gasteiger charge is 2.13. The molecular formula is C18H18N6O2. The molecule has 132 valence electrons. The topological polar surface area (TPSA) is 116 Å². The van der Waals surface area contributed by atoms with Crippen LogP contribution >= 0.6 is 0 Å². The Bertz CT molecular complexity index is 905. The van der Waals surface area contributed by atoms with Crippen LogP contribution in [0, 0.1) is 0 Å². The molecule has 3 rings (SSSR count). The Labute approximate surface area is 150 Å². The third-order valence-electron chi connectivity index (χ3n) is 3.84. The number of tetrazole rings is 1. The van der Waals surface area contributed by atoms with Crippen LogP contribution in [-0.4, -0.2) is 32.0 Å². The molecule has 2 amide bonds. The summed E-state index contributed by atoms with van der Waals surface area (Å²) in [6.07, 6.45) is 0. The Balaban J connectivity index is 1.62. The van der Waals surface area contributed by atoms with E-state index in [4.69, 9.17) is 5.73 Å². The van der Waals surface area contributed by atoms with E-state index in [1.165, 1.54) is 4.80 Å². The van der Waals surface area contributed by atoms with E-state index in [1.807, 2.05) is 37.3 Å². The standard InChI is InChI=1S/C18H18N6O2/c1-12(13-5-3-2-4-6-13)20-16(25)11-24-22-18(21-23-24)15-9-7-14(8-10-15)17(19)26/h2-10,12H,11H2,1H3,(H2,19,26)(H,20,25)/t12-/m1/s1. The minimum Gasteiger partial charge on any atom is -0.366 e. The van der Waals surface area contributed by atoms with Crippen molar-refractivity contribution in [2.45, 2.75) is 19.5 Å². The maximum absolute atomic E-state index is 12.2. The minimum atomic E-state index is -0.502. The van der Waals surface area contributed by atoms with E-state index in [1.54, 1.807) is 24.3 Å². The van der Waals surface area contributed by atoms with Crippen molar-refractivity contribution in [1.29, 1.82) is 0 Å². The van der Waals surface area contributed by atoms with Crippen LogP contribution in [0.2, 0.25) is 0 Å². The second-order valence-electron chi connectivity index (χ2n) is 5.78. The Morgan fingerprint density at radius 1 is 1.12 bits per heavy atom. The van der Waals surface area contributed by atoms with Crippen LogP contribution in [0.5, 0.6) is 0 Å². The zero-order chi connectivity index (χ0) is 18.5. The summed E-state index contributed by atoms with van der Waals surface area (Å²) in [6.45, 7) is 1.87. The molecule has 1 aromatic heterocycles. The molecule has 1 heterocycles. The number of primary amides is 1. The summed E-state index contributed by atoms with van der Waals surface area (Å²) in [6, 6.07) is 16.1. The van der Waals surface area contributed by atoms with Gasteiger partial charge in [-0.05, 0) is 29.8 Å². The summed E-state index contributed by atoms with van der Waals surface area (Å²) in [7, 11) is 0. The first-order valence-electron chi connectivity index (χ1n) is 8.05. The minimum absolute atomic E-state index is 0.0382. The predicted molar refractivity (Wildman–Crippen MR) is 94.8 cm³/mol. The smallest absolute Gasteiger partial charge is 0.248 e. The first-order chi connectivity index (χ1) is 12.5. The maximum Gasteiger partial charge on any atom is 0.248 e. The van der Waals surface area contributed by atoms with E-state index in [0.717, 1.165) is 5.56 Å². The number of nitrogens with zero attached hydrogens (tertiary/aromatic N) is 4. The van der Waals surface area contributed by atoms with Gasteiger partial charge in [-0.15, -0.1) is 10.2 Å². The van der Waals surface area contributed by atoms with Gasteiger partial charge in [-0.3, -0.25) is 9.59 Å². The van der Waals surface area contributed by atoms with Gasteiger partial charge in [-0.25, -0.2) is 0 Å². The molecule has 1 atom stereocenters. The number of rotatable bonds is 6. The average Bonchev–Trinajstić information content (AvgIpc) is 3.10. The van der Waals surface area contributed by atoms with Gasteiger partial charge in [0.25, 0.3) is 0 Å². The van der Waals surface area contributed by atoms with E-state index in [2.05, 4.69) is 20.7 Å². The third-order valence-corrected chi connectivity index (χ3v) is 3.84. The molecule has 8 heteroatoms. The number of carbonyl (C=O) groups excluding carboxylic acids is 2. The molecule has 8 nitrogen and oxygen atoms in total. The van der Waals surface area contributed by atoms with Crippen LogP contribution in [0.15, 0.2) is 54.6 Å². The van der Waals surface area contributed by atoms with E-state index in [0.29, 0.717) is 17.0 Å². The van der Waals surface area contributed by atoms with Crippen molar-refractivity contribution in [1.82, 2.24) is 25.5 Å². The first-order valence-corrected chi connectivity index (χ1v) is 8.05. The lowest BCUT2D eigenvalue weighted by Crippen LogP contribution is -2.30. The summed E-state index contributed by atoms with van der Waals surface area (Å²) in [5.41, 5.74) is 7.31. The summed E-state index contributed by atoms with van der Waals surface area (Å²) < 4.78 is 0. The van der Waals surface area contributed by atoms with Gasteiger partial charge in [-0.2, -0.15) is 4.80 Å². The quantitative estimate of drug-likeness (QED) is 0.695. The maximum atomic E-state index is 12.2. The van der Waals surface area contributed by atoms with Gasteiger partial charge >= 0.3 is 0 Å². The van der Waals surface area contributed by atoms with Crippen molar-refractivity contribution in [2.24, 2.45) is 5.73 Å². The molecule has 0 spiro atoms. The van der Waals surface area contributed by atoms with Crippen molar-refractivity contribution in [2.75, 3.05) is 0 Å². The van der Waals surface area contributed by atoms with Crippen molar-refractivity contribution < 1.29 is 9.59 Å². The molecule has 0 aliphatic rings. The summed E-state index contributed by atoms with van der Waals surface area (Å²) in [4.78, 5) is 24.5. The second kappa shape index (κ2) is 7.56. The number of nitrogens with two attached hydrogens (primary N) is 1. The normalized spacial score (nSPS) is 11.7. The van der Waals surface area contributed by atoms with Gasteiger partial charge in [-0.1, -0.05) is 42.5 Å². The Hall–Kier alpha value is -3.55. The number of carbonyl (C=O) groups is 2. The molecule has 3 aromatic rings. The van der Waals surface area contributed by atoms with Crippen LogP contribution in [0.1, 0.15) is 28.9 Å². The van der Waals surface area contributed by atoms with Crippen LogP contribution < -0.4 is 11.1 Å². The third kappa shape index (κ3) is 4.10. The zero-order valence-corrected chi connectivity index (χ0v) is 14.2. The molecule has 0 radical (unpaired) electrons. The van der Waals surface area contributed by atoms with Crippen molar-refractivity contribution >= 4 is 11.8 Å². The van der Waals surface area contributed by atoms with Gasteiger partial charge in [0.2, 0.25) is 17.6 Å². The van der Waals surface area contributed by atoms with E-state index >= 15 is 0 Å². The number of benzene rings is 2.